The van der Waals surface area contributed by atoms with Crippen molar-refractivity contribution in [1.82, 2.24) is 19.9 Å². The molecule has 2 aromatic rings. The van der Waals surface area contributed by atoms with E-state index in [2.05, 4.69) is 25.2 Å². The van der Waals surface area contributed by atoms with Gasteiger partial charge < -0.3 is 10.1 Å². The second-order valence-electron chi connectivity index (χ2n) is 6.98. The predicted molar refractivity (Wildman–Crippen MR) is 101 cm³/mol. The first-order chi connectivity index (χ1) is 13.1. The van der Waals surface area contributed by atoms with Crippen LogP contribution >= 0.6 is 0 Å². The molecule has 0 bridgehead atoms. The van der Waals surface area contributed by atoms with Crippen LogP contribution in [-0.2, 0) is 26.9 Å². The maximum absolute atomic E-state index is 12.7. The monoisotopic (exact) mass is 389 g/mol. The number of aromatic nitrogens is 3. The highest BCUT2D eigenvalue weighted by Crippen LogP contribution is 2.39. The maximum Gasteiger partial charge on any atom is 0.223 e. The highest BCUT2D eigenvalue weighted by molar-refractivity contribution is 7.91. The number of ether oxygens (including phenoxy) is 1. The largest absolute Gasteiger partial charge is 0.383 e. The first-order valence-electron chi connectivity index (χ1n) is 8.99. The molecule has 2 aromatic heterocycles. The Morgan fingerprint density at radius 2 is 2.19 bits per heavy atom. The van der Waals surface area contributed by atoms with Crippen molar-refractivity contribution in [2.45, 2.75) is 23.5 Å². The number of sulfone groups is 1. The molecule has 2 aliphatic rings. The zero-order chi connectivity index (χ0) is 18.9. The molecule has 0 saturated carbocycles. The first-order valence-corrected chi connectivity index (χ1v) is 10.7. The molecule has 8 nitrogen and oxygen atoms in total. The van der Waals surface area contributed by atoms with Gasteiger partial charge in [-0.05, 0) is 12.1 Å². The van der Waals surface area contributed by atoms with Gasteiger partial charge in [0.1, 0.15) is 0 Å². The van der Waals surface area contributed by atoms with E-state index >= 15 is 0 Å². The number of likely N-dealkylation sites (tertiary alicyclic amines) is 1. The number of nitrogens with zero attached hydrogens (tertiary/aromatic N) is 4. The number of methoxy groups -OCH3 is 1. The van der Waals surface area contributed by atoms with E-state index in [-0.39, 0.29) is 11.7 Å². The van der Waals surface area contributed by atoms with Gasteiger partial charge in [0.15, 0.2) is 9.84 Å². The molecular weight excluding hydrogens is 366 g/mol. The molecule has 0 aromatic carbocycles. The van der Waals surface area contributed by atoms with Crippen molar-refractivity contribution in [3.05, 3.63) is 47.5 Å². The molecule has 2 atom stereocenters. The molecule has 1 fully saturated rings. The molecule has 0 spiro atoms. The summed E-state index contributed by atoms with van der Waals surface area (Å²) in [6.45, 7) is 3.05. The fourth-order valence-corrected chi connectivity index (χ4v) is 5.84. The normalized spacial score (nSPS) is 23.6. The molecule has 144 valence electrons. The summed E-state index contributed by atoms with van der Waals surface area (Å²) in [5.74, 6) is 0.407. The van der Waals surface area contributed by atoms with Crippen LogP contribution in [0.25, 0.3) is 0 Å². The van der Waals surface area contributed by atoms with Gasteiger partial charge in [0.05, 0.1) is 35.5 Å². The summed E-state index contributed by atoms with van der Waals surface area (Å²) in [6.07, 6.45) is 3.39. The summed E-state index contributed by atoms with van der Waals surface area (Å²) >= 11 is 0. The molecule has 27 heavy (non-hydrogen) atoms. The van der Waals surface area contributed by atoms with Gasteiger partial charge in [-0.25, -0.2) is 18.4 Å². The first kappa shape index (κ1) is 18.3. The molecule has 0 aliphatic carbocycles. The molecule has 0 unspecified atom stereocenters. The average molecular weight is 389 g/mol. The molecule has 4 heterocycles. The van der Waals surface area contributed by atoms with Crippen LogP contribution in [0.5, 0.6) is 0 Å². The number of rotatable bonds is 6. The molecule has 2 aliphatic heterocycles. The van der Waals surface area contributed by atoms with Crippen LogP contribution in [-0.4, -0.2) is 66.9 Å². The zero-order valence-corrected chi connectivity index (χ0v) is 16.0. The van der Waals surface area contributed by atoms with E-state index < -0.39 is 15.1 Å². The summed E-state index contributed by atoms with van der Waals surface area (Å²) in [4.78, 5) is 15.4. The van der Waals surface area contributed by atoms with E-state index in [0.717, 1.165) is 17.9 Å². The lowest BCUT2D eigenvalue weighted by atomic mass is 10.00. The van der Waals surface area contributed by atoms with E-state index in [1.807, 2.05) is 18.2 Å². The fourth-order valence-electron chi connectivity index (χ4n) is 3.81. The van der Waals surface area contributed by atoms with Gasteiger partial charge in [-0.15, -0.1) is 0 Å². The smallest absolute Gasteiger partial charge is 0.223 e. The minimum atomic E-state index is -3.19. The Morgan fingerprint density at radius 3 is 2.96 bits per heavy atom. The number of pyridine rings is 1. The second kappa shape index (κ2) is 7.49. The third kappa shape index (κ3) is 3.80. The Labute approximate surface area is 158 Å². The van der Waals surface area contributed by atoms with Crippen LogP contribution in [0.4, 0.5) is 5.95 Å². The molecule has 1 saturated heterocycles. The van der Waals surface area contributed by atoms with Crippen LogP contribution in [0.2, 0.25) is 0 Å². The maximum atomic E-state index is 12.7. The van der Waals surface area contributed by atoms with Gasteiger partial charge in [0.25, 0.3) is 0 Å². The Morgan fingerprint density at radius 1 is 1.30 bits per heavy atom. The minimum absolute atomic E-state index is 0.0160. The Kier molecular flexibility index (Phi) is 5.07. The number of nitrogens with one attached hydrogen (secondary N) is 1. The lowest BCUT2D eigenvalue weighted by Crippen LogP contribution is -2.35. The standard InChI is InChI=1S/C18H23N5O3S/c1-26-7-6-23-10-15-16(11-23)27(24,25)12-13-8-20-18(22-17(13)15)21-9-14-4-2-3-5-19-14/h2-5,8,15-16H,6-7,9-12H2,1H3,(H,20,21,22)/t15-,16+/m0/s1. The Hall–Kier alpha value is -2.10. The van der Waals surface area contributed by atoms with Crippen molar-refractivity contribution < 1.29 is 13.2 Å². The van der Waals surface area contributed by atoms with Gasteiger partial charge in [-0.1, -0.05) is 6.07 Å². The lowest BCUT2D eigenvalue weighted by molar-refractivity contribution is 0.160. The molecule has 0 amide bonds. The number of fused-ring (bicyclic) bond motifs is 3. The van der Waals surface area contributed by atoms with Gasteiger partial charge >= 0.3 is 0 Å². The van der Waals surface area contributed by atoms with Crippen molar-refractivity contribution >= 4 is 15.8 Å². The van der Waals surface area contributed by atoms with Crippen LogP contribution in [0, 0.1) is 0 Å². The second-order valence-corrected chi connectivity index (χ2v) is 9.20. The summed E-state index contributed by atoms with van der Waals surface area (Å²) in [5, 5.41) is 2.79. The van der Waals surface area contributed by atoms with E-state index in [0.29, 0.717) is 37.8 Å². The fraction of sp³-hybridized carbons (Fsp3) is 0.500. The number of anilines is 1. The summed E-state index contributed by atoms with van der Waals surface area (Å²) in [7, 11) is -1.54. The van der Waals surface area contributed by atoms with Crippen LogP contribution < -0.4 is 5.32 Å². The molecule has 0 radical (unpaired) electrons. The van der Waals surface area contributed by atoms with Gasteiger partial charge in [0.2, 0.25) is 5.95 Å². The zero-order valence-electron chi connectivity index (χ0n) is 15.2. The quantitative estimate of drug-likeness (QED) is 0.776. The van der Waals surface area contributed by atoms with Gasteiger partial charge in [-0.3, -0.25) is 9.88 Å². The SMILES string of the molecule is COCCN1C[C@@H]2c3nc(NCc4ccccn4)ncc3CS(=O)(=O)[C@@H]2C1. The lowest BCUT2D eigenvalue weighted by Gasteiger charge is -2.26. The topological polar surface area (TPSA) is 97.3 Å². The van der Waals surface area contributed by atoms with Crippen molar-refractivity contribution in [1.29, 1.82) is 0 Å². The van der Waals surface area contributed by atoms with Crippen molar-refractivity contribution in [3.63, 3.8) is 0 Å². The van der Waals surface area contributed by atoms with Crippen molar-refractivity contribution in [2.24, 2.45) is 0 Å². The van der Waals surface area contributed by atoms with Gasteiger partial charge in [0, 0.05) is 50.6 Å². The molecule has 1 N–H and O–H groups in total. The van der Waals surface area contributed by atoms with Crippen molar-refractivity contribution in [2.75, 3.05) is 38.7 Å². The minimum Gasteiger partial charge on any atom is -0.383 e. The van der Waals surface area contributed by atoms with Gasteiger partial charge in [-0.2, -0.15) is 0 Å². The Balaban J connectivity index is 1.56. The molecule has 9 heteroatoms. The summed E-state index contributed by atoms with van der Waals surface area (Å²) in [5.41, 5.74) is 2.47. The number of hydrogen-bond donors (Lipinski definition) is 1. The number of hydrogen-bond acceptors (Lipinski definition) is 8. The van der Waals surface area contributed by atoms with E-state index in [1.54, 1.807) is 19.5 Å². The van der Waals surface area contributed by atoms with E-state index in [9.17, 15) is 8.42 Å². The Bertz CT molecular complexity index is 906. The highest BCUT2D eigenvalue weighted by Gasteiger charge is 2.47. The van der Waals surface area contributed by atoms with E-state index in [1.165, 1.54) is 0 Å². The molecular formula is C18H23N5O3S. The molecule has 4 rings (SSSR count). The summed E-state index contributed by atoms with van der Waals surface area (Å²) < 4.78 is 30.5. The predicted octanol–water partition coefficient (Wildman–Crippen LogP) is 0.826. The van der Waals surface area contributed by atoms with Crippen LogP contribution in [0.3, 0.4) is 0 Å². The highest BCUT2D eigenvalue weighted by atomic mass is 32.2. The van der Waals surface area contributed by atoms with Crippen LogP contribution in [0.15, 0.2) is 30.6 Å². The third-order valence-corrected chi connectivity index (χ3v) is 7.29. The third-order valence-electron chi connectivity index (χ3n) is 5.17. The van der Waals surface area contributed by atoms with Crippen molar-refractivity contribution in [3.8, 4) is 0 Å². The van der Waals surface area contributed by atoms with Crippen LogP contribution in [0.1, 0.15) is 22.9 Å². The average Bonchev–Trinajstić information content (AvgIpc) is 3.11. The van der Waals surface area contributed by atoms with E-state index in [4.69, 9.17) is 4.74 Å². The summed E-state index contributed by atoms with van der Waals surface area (Å²) in [6, 6.07) is 5.73.